The minimum absolute atomic E-state index is 0.0172. The van der Waals surface area contributed by atoms with Gasteiger partial charge in [0.15, 0.2) is 6.61 Å². The first-order valence-electron chi connectivity index (χ1n) is 9.55. The highest BCUT2D eigenvalue weighted by Crippen LogP contribution is 2.35. The van der Waals surface area contributed by atoms with Gasteiger partial charge in [0.2, 0.25) is 5.91 Å². The van der Waals surface area contributed by atoms with Gasteiger partial charge in [0.05, 0.1) is 18.7 Å². The van der Waals surface area contributed by atoms with Crippen LogP contribution in [0.3, 0.4) is 0 Å². The summed E-state index contributed by atoms with van der Waals surface area (Å²) in [5.74, 6) is 1.59. The minimum Gasteiger partial charge on any atom is -0.494 e. The Balaban J connectivity index is 1.66. The molecule has 0 saturated carbocycles. The fraction of sp³-hybridized carbons (Fsp3) is 0.364. The monoisotopic (exact) mass is 382 g/mol. The zero-order valence-electron chi connectivity index (χ0n) is 16.5. The Kier molecular flexibility index (Phi) is 6.19. The Morgan fingerprint density at radius 3 is 2.64 bits per heavy atom. The molecule has 6 heteroatoms. The van der Waals surface area contributed by atoms with E-state index in [1.54, 1.807) is 17.0 Å². The van der Waals surface area contributed by atoms with Crippen molar-refractivity contribution in [3.63, 3.8) is 0 Å². The van der Waals surface area contributed by atoms with Crippen molar-refractivity contribution >= 4 is 23.2 Å². The molecular weight excluding hydrogens is 356 g/mol. The number of amides is 2. The Morgan fingerprint density at radius 2 is 1.96 bits per heavy atom. The van der Waals surface area contributed by atoms with Gasteiger partial charge >= 0.3 is 0 Å². The average Bonchev–Trinajstić information content (AvgIpc) is 2.65. The second kappa shape index (κ2) is 8.78. The number of nitrogens with one attached hydrogen (secondary N) is 1. The number of rotatable bonds is 7. The molecule has 148 valence electrons. The molecule has 0 spiro atoms. The fourth-order valence-corrected chi connectivity index (χ4v) is 3.11. The summed E-state index contributed by atoms with van der Waals surface area (Å²) in [4.78, 5) is 26.3. The first-order valence-corrected chi connectivity index (χ1v) is 9.55. The SMILES string of the molecule is CCOc1ccc(CC(=O)Nc2ccc3c(c2)OCC(=O)N3CC(C)C)cc1. The van der Waals surface area contributed by atoms with Crippen molar-refractivity contribution in [1.29, 1.82) is 0 Å². The van der Waals surface area contributed by atoms with Crippen LogP contribution >= 0.6 is 0 Å². The lowest BCUT2D eigenvalue weighted by atomic mass is 10.1. The van der Waals surface area contributed by atoms with Crippen LogP contribution in [-0.2, 0) is 16.0 Å². The second-order valence-corrected chi connectivity index (χ2v) is 7.17. The third kappa shape index (κ3) is 4.82. The van der Waals surface area contributed by atoms with Gasteiger partial charge in [0, 0.05) is 18.3 Å². The number of benzene rings is 2. The Morgan fingerprint density at radius 1 is 1.21 bits per heavy atom. The largest absolute Gasteiger partial charge is 0.494 e. The van der Waals surface area contributed by atoms with Gasteiger partial charge in [-0.05, 0) is 42.7 Å². The van der Waals surface area contributed by atoms with E-state index in [-0.39, 0.29) is 24.8 Å². The molecule has 3 rings (SSSR count). The van der Waals surface area contributed by atoms with Crippen LogP contribution in [0.1, 0.15) is 26.3 Å². The minimum atomic E-state index is -0.116. The molecule has 28 heavy (non-hydrogen) atoms. The van der Waals surface area contributed by atoms with Crippen molar-refractivity contribution in [2.75, 3.05) is 30.0 Å². The normalized spacial score (nSPS) is 13.1. The van der Waals surface area contributed by atoms with Crippen LogP contribution in [0.15, 0.2) is 42.5 Å². The molecule has 1 heterocycles. The van der Waals surface area contributed by atoms with Gasteiger partial charge in [-0.15, -0.1) is 0 Å². The van der Waals surface area contributed by atoms with Crippen molar-refractivity contribution < 1.29 is 19.1 Å². The van der Waals surface area contributed by atoms with Crippen LogP contribution in [0, 0.1) is 5.92 Å². The maximum atomic E-state index is 12.4. The summed E-state index contributed by atoms with van der Waals surface area (Å²) in [5.41, 5.74) is 2.30. The summed E-state index contributed by atoms with van der Waals surface area (Å²) in [6.07, 6.45) is 0.266. The molecule has 2 aromatic carbocycles. The molecule has 6 nitrogen and oxygen atoms in total. The summed E-state index contributed by atoms with van der Waals surface area (Å²) in [6.45, 7) is 7.33. The molecule has 0 aromatic heterocycles. The molecule has 0 radical (unpaired) electrons. The third-order valence-electron chi connectivity index (χ3n) is 4.33. The number of hydrogen-bond acceptors (Lipinski definition) is 4. The third-order valence-corrected chi connectivity index (χ3v) is 4.33. The van der Waals surface area contributed by atoms with Crippen molar-refractivity contribution in [2.45, 2.75) is 27.2 Å². The molecule has 1 N–H and O–H groups in total. The summed E-state index contributed by atoms with van der Waals surface area (Å²) in [7, 11) is 0. The number of nitrogens with zero attached hydrogens (tertiary/aromatic N) is 1. The highest BCUT2D eigenvalue weighted by Gasteiger charge is 2.26. The van der Waals surface area contributed by atoms with E-state index in [4.69, 9.17) is 9.47 Å². The highest BCUT2D eigenvalue weighted by atomic mass is 16.5. The number of hydrogen-bond donors (Lipinski definition) is 1. The van der Waals surface area contributed by atoms with E-state index >= 15 is 0 Å². The van der Waals surface area contributed by atoms with Crippen LogP contribution < -0.4 is 19.7 Å². The lowest BCUT2D eigenvalue weighted by Crippen LogP contribution is -2.40. The zero-order chi connectivity index (χ0) is 20.1. The summed E-state index contributed by atoms with van der Waals surface area (Å²) >= 11 is 0. The number of carbonyl (C=O) groups excluding carboxylic acids is 2. The number of anilines is 2. The topological polar surface area (TPSA) is 67.9 Å². The van der Waals surface area contributed by atoms with Gasteiger partial charge in [0.1, 0.15) is 11.5 Å². The molecule has 0 unspecified atom stereocenters. The molecule has 0 bridgehead atoms. The average molecular weight is 382 g/mol. The van der Waals surface area contributed by atoms with Gasteiger partial charge in [-0.3, -0.25) is 9.59 Å². The maximum Gasteiger partial charge on any atom is 0.265 e. The van der Waals surface area contributed by atoms with Gasteiger partial charge in [-0.1, -0.05) is 26.0 Å². The fourth-order valence-electron chi connectivity index (χ4n) is 3.11. The van der Waals surface area contributed by atoms with E-state index in [1.165, 1.54) is 0 Å². The quantitative estimate of drug-likeness (QED) is 0.794. The van der Waals surface area contributed by atoms with E-state index in [2.05, 4.69) is 19.2 Å². The Bertz CT molecular complexity index is 846. The standard InChI is InChI=1S/C22H26N2O4/c1-4-27-18-8-5-16(6-9-18)11-21(25)23-17-7-10-19-20(12-17)28-14-22(26)24(19)13-15(2)3/h5-10,12,15H,4,11,13-14H2,1-3H3,(H,23,25). The van der Waals surface area contributed by atoms with Crippen molar-refractivity contribution in [3.8, 4) is 11.5 Å². The van der Waals surface area contributed by atoms with Crippen LogP contribution in [0.25, 0.3) is 0 Å². The lowest BCUT2D eigenvalue weighted by molar-refractivity contribution is -0.121. The van der Waals surface area contributed by atoms with Gasteiger partial charge < -0.3 is 19.7 Å². The molecular formula is C22H26N2O4. The molecule has 1 aliphatic rings. The first kappa shape index (κ1) is 19.7. The van der Waals surface area contributed by atoms with Crippen LogP contribution in [-0.4, -0.2) is 31.6 Å². The van der Waals surface area contributed by atoms with E-state index < -0.39 is 0 Å². The highest BCUT2D eigenvalue weighted by molar-refractivity contribution is 5.99. The molecule has 2 aromatic rings. The van der Waals surface area contributed by atoms with Crippen LogP contribution in [0.4, 0.5) is 11.4 Å². The Hall–Kier alpha value is -3.02. The number of fused-ring (bicyclic) bond motifs is 1. The summed E-state index contributed by atoms with van der Waals surface area (Å²) < 4.78 is 11.0. The lowest BCUT2D eigenvalue weighted by Gasteiger charge is -2.31. The molecule has 0 atom stereocenters. The molecule has 0 fully saturated rings. The maximum absolute atomic E-state index is 12.4. The smallest absolute Gasteiger partial charge is 0.265 e. The van der Waals surface area contributed by atoms with E-state index in [0.717, 1.165) is 17.0 Å². The van der Waals surface area contributed by atoms with Crippen molar-refractivity contribution in [2.24, 2.45) is 5.92 Å². The van der Waals surface area contributed by atoms with E-state index in [1.807, 2.05) is 37.3 Å². The summed E-state index contributed by atoms with van der Waals surface area (Å²) in [6, 6.07) is 12.9. The first-order chi connectivity index (χ1) is 13.5. The molecule has 0 aliphatic carbocycles. The van der Waals surface area contributed by atoms with Gasteiger partial charge in [-0.25, -0.2) is 0 Å². The number of carbonyl (C=O) groups is 2. The van der Waals surface area contributed by atoms with Gasteiger partial charge in [0.25, 0.3) is 5.91 Å². The van der Waals surface area contributed by atoms with Crippen LogP contribution in [0.5, 0.6) is 11.5 Å². The predicted molar refractivity (Wildman–Crippen MR) is 109 cm³/mol. The number of ether oxygens (including phenoxy) is 2. The Labute approximate surface area is 165 Å². The van der Waals surface area contributed by atoms with E-state index in [0.29, 0.717) is 30.5 Å². The van der Waals surface area contributed by atoms with Crippen molar-refractivity contribution in [3.05, 3.63) is 48.0 Å². The molecule has 0 saturated heterocycles. The zero-order valence-corrected chi connectivity index (χ0v) is 16.5. The van der Waals surface area contributed by atoms with E-state index in [9.17, 15) is 9.59 Å². The molecule has 1 aliphatic heterocycles. The molecule has 2 amide bonds. The van der Waals surface area contributed by atoms with Crippen molar-refractivity contribution in [1.82, 2.24) is 0 Å². The second-order valence-electron chi connectivity index (χ2n) is 7.17. The predicted octanol–water partition coefficient (Wildman–Crippen LogP) is 3.65. The summed E-state index contributed by atoms with van der Waals surface area (Å²) in [5, 5.41) is 2.89. The van der Waals surface area contributed by atoms with Gasteiger partial charge in [-0.2, -0.15) is 0 Å². The van der Waals surface area contributed by atoms with Crippen LogP contribution in [0.2, 0.25) is 0 Å².